The second-order valence-electron chi connectivity index (χ2n) is 7.44. The van der Waals surface area contributed by atoms with Gasteiger partial charge in [0.2, 0.25) is 0 Å². The van der Waals surface area contributed by atoms with Crippen molar-refractivity contribution in [3.05, 3.63) is 89.0 Å². The van der Waals surface area contributed by atoms with Crippen LogP contribution in [-0.2, 0) is 13.1 Å². The average molecular weight is 414 g/mol. The molecule has 152 valence electrons. The van der Waals surface area contributed by atoms with Gasteiger partial charge < -0.3 is 14.8 Å². The normalized spacial score (nSPS) is 10.9. The number of amides is 2. The molecule has 3 aromatic rings. The van der Waals surface area contributed by atoms with E-state index in [4.69, 9.17) is 11.6 Å². The third-order valence-electron chi connectivity index (χ3n) is 4.51. The summed E-state index contributed by atoms with van der Waals surface area (Å²) >= 11 is 6.10. The van der Waals surface area contributed by atoms with Crippen LogP contribution < -0.4 is 5.32 Å². The zero-order valence-electron chi connectivity index (χ0n) is 16.6. The number of anilines is 1. The fourth-order valence-electron chi connectivity index (χ4n) is 3.19. The topological polar surface area (TPSA) is 37.3 Å². The zero-order valence-corrected chi connectivity index (χ0v) is 17.4. The van der Waals surface area contributed by atoms with Gasteiger partial charge in [-0.05, 0) is 47.9 Å². The Morgan fingerprint density at radius 2 is 1.93 bits per heavy atom. The SMILES string of the molecule is CC(C)CN(Cc1cccn1Cc1cccc(Cl)c1)C(=O)Nc1ccccc1F. The Bertz CT molecular complexity index is 970. The number of aromatic nitrogens is 1. The number of hydrogen-bond donors (Lipinski definition) is 1. The lowest BCUT2D eigenvalue weighted by Crippen LogP contribution is -2.37. The quantitative estimate of drug-likeness (QED) is 0.505. The van der Waals surface area contributed by atoms with E-state index in [2.05, 4.69) is 9.88 Å². The van der Waals surface area contributed by atoms with E-state index >= 15 is 0 Å². The number of urea groups is 1. The summed E-state index contributed by atoms with van der Waals surface area (Å²) in [4.78, 5) is 14.6. The van der Waals surface area contributed by atoms with Gasteiger partial charge in [-0.25, -0.2) is 9.18 Å². The lowest BCUT2D eigenvalue weighted by molar-refractivity contribution is 0.200. The van der Waals surface area contributed by atoms with Crippen LogP contribution in [0.4, 0.5) is 14.9 Å². The van der Waals surface area contributed by atoms with Gasteiger partial charge in [-0.1, -0.05) is 49.7 Å². The van der Waals surface area contributed by atoms with Crippen LogP contribution in [0, 0.1) is 11.7 Å². The third-order valence-corrected chi connectivity index (χ3v) is 4.74. The molecule has 2 aromatic carbocycles. The van der Waals surface area contributed by atoms with Gasteiger partial charge in [-0.15, -0.1) is 0 Å². The van der Waals surface area contributed by atoms with Crippen molar-refractivity contribution in [2.45, 2.75) is 26.9 Å². The number of rotatable bonds is 7. The summed E-state index contributed by atoms with van der Waals surface area (Å²) in [5, 5.41) is 3.39. The van der Waals surface area contributed by atoms with Crippen molar-refractivity contribution >= 4 is 23.3 Å². The summed E-state index contributed by atoms with van der Waals surface area (Å²) in [7, 11) is 0. The number of nitrogens with zero attached hydrogens (tertiary/aromatic N) is 2. The van der Waals surface area contributed by atoms with E-state index in [9.17, 15) is 9.18 Å². The first-order valence-electron chi connectivity index (χ1n) is 9.61. The van der Waals surface area contributed by atoms with Gasteiger partial charge >= 0.3 is 6.03 Å². The highest BCUT2D eigenvalue weighted by molar-refractivity contribution is 6.30. The summed E-state index contributed by atoms with van der Waals surface area (Å²) in [6.45, 7) is 5.74. The molecule has 4 nitrogen and oxygen atoms in total. The van der Waals surface area contributed by atoms with Crippen molar-refractivity contribution in [2.24, 2.45) is 5.92 Å². The van der Waals surface area contributed by atoms with Gasteiger partial charge in [0.05, 0.1) is 12.2 Å². The molecule has 1 N–H and O–H groups in total. The van der Waals surface area contributed by atoms with Gasteiger partial charge in [-0.2, -0.15) is 0 Å². The summed E-state index contributed by atoms with van der Waals surface area (Å²) in [5.74, 6) is -0.174. The van der Waals surface area contributed by atoms with Crippen molar-refractivity contribution in [3.63, 3.8) is 0 Å². The molecular weight excluding hydrogens is 389 g/mol. The van der Waals surface area contributed by atoms with E-state index in [-0.39, 0.29) is 17.6 Å². The van der Waals surface area contributed by atoms with Gasteiger partial charge in [0.1, 0.15) is 5.82 Å². The molecule has 0 radical (unpaired) electrons. The Kier molecular flexibility index (Phi) is 6.94. The molecule has 1 aromatic heterocycles. The first-order valence-corrected chi connectivity index (χ1v) is 9.99. The maximum Gasteiger partial charge on any atom is 0.322 e. The molecule has 0 aliphatic carbocycles. The molecule has 29 heavy (non-hydrogen) atoms. The van der Waals surface area contributed by atoms with Gasteiger partial charge in [0.25, 0.3) is 0 Å². The van der Waals surface area contributed by atoms with Crippen LogP contribution in [0.2, 0.25) is 5.02 Å². The molecule has 0 saturated carbocycles. The molecule has 0 fully saturated rings. The van der Waals surface area contributed by atoms with Crippen LogP contribution >= 0.6 is 11.6 Å². The summed E-state index contributed by atoms with van der Waals surface area (Å²) < 4.78 is 16.0. The second kappa shape index (κ2) is 9.61. The number of benzene rings is 2. The van der Waals surface area contributed by atoms with E-state index in [0.717, 1.165) is 11.3 Å². The molecule has 2 amide bonds. The predicted molar refractivity (Wildman–Crippen MR) is 116 cm³/mol. The number of carbonyl (C=O) groups excluding carboxylic acids is 1. The van der Waals surface area contributed by atoms with E-state index in [0.29, 0.717) is 24.7 Å². The molecule has 0 saturated heterocycles. The highest BCUT2D eigenvalue weighted by Gasteiger charge is 2.18. The first-order chi connectivity index (χ1) is 13.9. The highest BCUT2D eigenvalue weighted by atomic mass is 35.5. The molecular formula is C23H25ClFN3O. The molecule has 3 rings (SSSR count). The van der Waals surface area contributed by atoms with Crippen LogP contribution in [0.15, 0.2) is 66.9 Å². The van der Waals surface area contributed by atoms with Crippen molar-refractivity contribution < 1.29 is 9.18 Å². The first kappa shape index (κ1) is 20.9. The van der Waals surface area contributed by atoms with E-state index in [1.807, 2.05) is 56.4 Å². The van der Waals surface area contributed by atoms with E-state index in [1.165, 1.54) is 6.07 Å². The zero-order chi connectivity index (χ0) is 20.8. The largest absolute Gasteiger partial charge is 0.345 e. The molecule has 0 atom stereocenters. The smallest absolute Gasteiger partial charge is 0.322 e. The minimum Gasteiger partial charge on any atom is -0.345 e. The predicted octanol–water partition coefficient (Wildman–Crippen LogP) is 6.02. The molecule has 6 heteroatoms. The summed E-state index contributed by atoms with van der Waals surface area (Å²) in [6.07, 6.45) is 1.98. The summed E-state index contributed by atoms with van der Waals surface area (Å²) in [6, 6.07) is 17.5. The minimum atomic E-state index is -0.449. The van der Waals surface area contributed by atoms with Crippen molar-refractivity contribution in [1.29, 1.82) is 0 Å². The Hall–Kier alpha value is -2.79. The molecule has 0 unspecified atom stereocenters. The Labute approximate surface area is 175 Å². The fourth-order valence-corrected chi connectivity index (χ4v) is 3.40. The van der Waals surface area contributed by atoms with Crippen LogP contribution in [0.3, 0.4) is 0 Å². The molecule has 0 bridgehead atoms. The highest BCUT2D eigenvalue weighted by Crippen LogP contribution is 2.17. The standard InChI is InChI=1S/C23H25ClFN3O/c1-17(2)14-28(23(29)26-22-11-4-3-10-21(22)25)16-20-9-6-12-27(20)15-18-7-5-8-19(24)13-18/h3-13,17H,14-16H2,1-2H3,(H,26,29). The van der Waals surface area contributed by atoms with Crippen molar-refractivity contribution in [1.82, 2.24) is 9.47 Å². The van der Waals surface area contributed by atoms with Gasteiger partial charge in [0.15, 0.2) is 0 Å². The Balaban J connectivity index is 1.76. The van der Waals surface area contributed by atoms with Crippen molar-refractivity contribution in [3.8, 4) is 0 Å². The maximum absolute atomic E-state index is 13.9. The van der Waals surface area contributed by atoms with Crippen LogP contribution in [0.5, 0.6) is 0 Å². The lowest BCUT2D eigenvalue weighted by Gasteiger charge is -2.26. The van der Waals surface area contributed by atoms with Crippen LogP contribution in [0.1, 0.15) is 25.1 Å². The maximum atomic E-state index is 13.9. The van der Waals surface area contributed by atoms with E-state index < -0.39 is 5.82 Å². The number of nitrogens with one attached hydrogen (secondary N) is 1. The van der Waals surface area contributed by atoms with Crippen LogP contribution in [0.25, 0.3) is 0 Å². The fraction of sp³-hybridized carbons (Fsp3) is 0.261. The molecule has 0 spiro atoms. The van der Waals surface area contributed by atoms with Crippen molar-refractivity contribution in [2.75, 3.05) is 11.9 Å². The average Bonchev–Trinajstić information content (AvgIpc) is 3.09. The third kappa shape index (κ3) is 5.84. The molecule has 1 heterocycles. The lowest BCUT2D eigenvalue weighted by atomic mass is 10.2. The Morgan fingerprint density at radius 3 is 2.66 bits per heavy atom. The number of halogens is 2. The number of hydrogen-bond acceptors (Lipinski definition) is 1. The minimum absolute atomic E-state index is 0.181. The number of carbonyl (C=O) groups is 1. The second-order valence-corrected chi connectivity index (χ2v) is 7.88. The van der Waals surface area contributed by atoms with Gasteiger partial charge in [-0.3, -0.25) is 0 Å². The number of para-hydroxylation sites is 1. The van der Waals surface area contributed by atoms with Gasteiger partial charge in [0, 0.05) is 30.0 Å². The van der Waals surface area contributed by atoms with E-state index in [1.54, 1.807) is 23.1 Å². The summed E-state index contributed by atoms with van der Waals surface area (Å²) in [5.41, 5.74) is 2.26. The van der Waals surface area contributed by atoms with Crippen LogP contribution in [-0.4, -0.2) is 22.0 Å². The molecule has 0 aliphatic rings. The molecule has 0 aliphatic heterocycles. The Morgan fingerprint density at radius 1 is 1.14 bits per heavy atom. The monoisotopic (exact) mass is 413 g/mol.